The van der Waals surface area contributed by atoms with Crippen LogP contribution in [0.25, 0.3) is 11.1 Å². The van der Waals surface area contributed by atoms with Crippen LogP contribution < -0.4 is 10.6 Å². The van der Waals surface area contributed by atoms with Gasteiger partial charge in [0.15, 0.2) is 0 Å². The molecule has 28 heavy (non-hydrogen) atoms. The number of aromatic nitrogens is 1. The van der Waals surface area contributed by atoms with Crippen molar-refractivity contribution in [2.24, 2.45) is 0 Å². The van der Waals surface area contributed by atoms with E-state index in [-0.39, 0.29) is 18.4 Å². The van der Waals surface area contributed by atoms with E-state index in [1.807, 2.05) is 48.7 Å². The lowest BCUT2D eigenvalue weighted by Gasteiger charge is -2.15. The summed E-state index contributed by atoms with van der Waals surface area (Å²) in [7, 11) is 0. The third-order valence-corrected chi connectivity index (χ3v) is 4.54. The fraction of sp³-hybridized carbons (Fsp3) is 0.250. The number of hydrogen-bond donors (Lipinski definition) is 2. The molecule has 4 nitrogen and oxygen atoms in total. The summed E-state index contributed by atoms with van der Waals surface area (Å²) in [4.78, 5) is 17.1. The van der Waals surface area contributed by atoms with Crippen molar-refractivity contribution in [3.8, 4) is 11.1 Å². The number of nitrogens with zero attached hydrogens (tertiary/aromatic N) is 1. The lowest BCUT2D eigenvalue weighted by Crippen LogP contribution is -2.28. The highest BCUT2D eigenvalue weighted by Crippen LogP contribution is 2.27. The summed E-state index contributed by atoms with van der Waals surface area (Å²) in [6.45, 7) is 7.14. The topological polar surface area (TPSA) is 54.0 Å². The number of rotatable bonds is 7. The SMILES string of the molecule is Cc1cccc(CNCC(=O)Nc2cc(-c3ccccc3)cnc2C(C)C)c1. The molecule has 0 aliphatic rings. The molecular weight excluding hydrogens is 346 g/mol. The summed E-state index contributed by atoms with van der Waals surface area (Å²) in [6, 6.07) is 20.4. The molecule has 0 saturated heterocycles. The predicted octanol–water partition coefficient (Wildman–Crippen LogP) is 4.91. The van der Waals surface area contributed by atoms with Crippen molar-refractivity contribution in [3.63, 3.8) is 0 Å². The van der Waals surface area contributed by atoms with Crippen LogP contribution in [-0.2, 0) is 11.3 Å². The van der Waals surface area contributed by atoms with Gasteiger partial charge in [-0.15, -0.1) is 0 Å². The maximum Gasteiger partial charge on any atom is 0.238 e. The minimum atomic E-state index is -0.0680. The molecular formula is C24H27N3O. The van der Waals surface area contributed by atoms with Crippen molar-refractivity contribution < 1.29 is 4.79 Å². The highest BCUT2D eigenvalue weighted by Gasteiger charge is 2.13. The number of hydrogen-bond acceptors (Lipinski definition) is 3. The first-order chi connectivity index (χ1) is 13.5. The molecule has 0 saturated carbocycles. The number of carbonyl (C=O) groups excluding carboxylic acids is 1. The molecule has 3 rings (SSSR count). The van der Waals surface area contributed by atoms with Crippen molar-refractivity contribution in [1.82, 2.24) is 10.3 Å². The Hall–Kier alpha value is -2.98. The molecule has 1 amide bonds. The number of amides is 1. The zero-order valence-electron chi connectivity index (χ0n) is 16.7. The Balaban J connectivity index is 1.68. The molecule has 2 N–H and O–H groups in total. The van der Waals surface area contributed by atoms with Gasteiger partial charge in [0.1, 0.15) is 0 Å². The summed E-state index contributed by atoms with van der Waals surface area (Å²) >= 11 is 0. The van der Waals surface area contributed by atoms with Crippen LogP contribution in [0.4, 0.5) is 5.69 Å². The van der Waals surface area contributed by atoms with Gasteiger partial charge in [-0.05, 0) is 30.0 Å². The van der Waals surface area contributed by atoms with E-state index in [1.54, 1.807) is 0 Å². The van der Waals surface area contributed by atoms with Crippen LogP contribution >= 0.6 is 0 Å². The lowest BCUT2D eigenvalue weighted by atomic mass is 10.0. The zero-order valence-corrected chi connectivity index (χ0v) is 16.7. The monoisotopic (exact) mass is 373 g/mol. The Morgan fingerprint density at radius 3 is 2.50 bits per heavy atom. The van der Waals surface area contributed by atoms with Crippen LogP contribution in [0, 0.1) is 6.92 Å². The van der Waals surface area contributed by atoms with Crippen LogP contribution in [0.2, 0.25) is 0 Å². The molecule has 0 spiro atoms. The first-order valence-corrected chi connectivity index (χ1v) is 9.64. The normalized spacial score (nSPS) is 10.9. The third kappa shape index (κ3) is 5.27. The van der Waals surface area contributed by atoms with Gasteiger partial charge in [-0.3, -0.25) is 9.78 Å². The summed E-state index contributed by atoms with van der Waals surface area (Å²) in [6.07, 6.45) is 1.87. The van der Waals surface area contributed by atoms with E-state index in [9.17, 15) is 4.79 Å². The Morgan fingerprint density at radius 2 is 1.79 bits per heavy atom. The maximum atomic E-state index is 12.5. The molecule has 0 bridgehead atoms. The molecule has 1 aromatic heterocycles. The molecule has 1 heterocycles. The minimum Gasteiger partial charge on any atom is -0.323 e. The summed E-state index contributed by atoms with van der Waals surface area (Å²) in [5.41, 5.74) is 6.13. The lowest BCUT2D eigenvalue weighted by molar-refractivity contribution is -0.115. The van der Waals surface area contributed by atoms with Crippen molar-refractivity contribution in [2.45, 2.75) is 33.2 Å². The Morgan fingerprint density at radius 1 is 1.00 bits per heavy atom. The summed E-state index contributed by atoms with van der Waals surface area (Å²) in [5.74, 6) is 0.155. The molecule has 0 atom stereocenters. The second kappa shape index (κ2) is 9.29. The fourth-order valence-electron chi connectivity index (χ4n) is 3.16. The van der Waals surface area contributed by atoms with Gasteiger partial charge >= 0.3 is 0 Å². The fourth-order valence-corrected chi connectivity index (χ4v) is 3.16. The molecule has 0 aliphatic carbocycles. The average molecular weight is 374 g/mol. The van der Waals surface area contributed by atoms with E-state index in [2.05, 4.69) is 54.6 Å². The maximum absolute atomic E-state index is 12.5. The number of aryl methyl sites for hydroxylation is 1. The predicted molar refractivity (Wildman–Crippen MR) is 115 cm³/mol. The first kappa shape index (κ1) is 19.8. The number of pyridine rings is 1. The minimum absolute atomic E-state index is 0.0680. The van der Waals surface area contributed by atoms with E-state index in [0.717, 1.165) is 22.5 Å². The van der Waals surface area contributed by atoms with Crippen molar-refractivity contribution in [1.29, 1.82) is 0 Å². The standard InChI is InChI=1S/C24H27N3O/c1-17(2)24-22(13-21(15-26-24)20-10-5-4-6-11-20)27-23(28)16-25-14-19-9-7-8-18(3)12-19/h4-13,15,17,25H,14,16H2,1-3H3,(H,27,28). The van der Waals surface area contributed by atoms with E-state index < -0.39 is 0 Å². The van der Waals surface area contributed by atoms with Crippen molar-refractivity contribution >= 4 is 11.6 Å². The molecule has 2 aromatic carbocycles. The zero-order chi connectivity index (χ0) is 19.9. The van der Waals surface area contributed by atoms with E-state index in [0.29, 0.717) is 6.54 Å². The molecule has 144 valence electrons. The molecule has 4 heteroatoms. The highest BCUT2D eigenvalue weighted by atomic mass is 16.1. The van der Waals surface area contributed by atoms with Gasteiger partial charge in [-0.1, -0.05) is 74.0 Å². The average Bonchev–Trinajstić information content (AvgIpc) is 2.68. The Bertz CT molecular complexity index is 936. The molecule has 0 fully saturated rings. The molecule has 3 aromatic rings. The van der Waals surface area contributed by atoms with Crippen LogP contribution in [0.5, 0.6) is 0 Å². The second-order valence-corrected chi connectivity index (χ2v) is 7.32. The number of benzene rings is 2. The number of carbonyl (C=O) groups is 1. The van der Waals surface area contributed by atoms with Crippen LogP contribution in [-0.4, -0.2) is 17.4 Å². The third-order valence-electron chi connectivity index (χ3n) is 4.54. The van der Waals surface area contributed by atoms with Crippen LogP contribution in [0.1, 0.15) is 36.6 Å². The van der Waals surface area contributed by atoms with Gasteiger partial charge in [0, 0.05) is 18.3 Å². The summed E-state index contributed by atoms with van der Waals surface area (Å²) < 4.78 is 0. The largest absolute Gasteiger partial charge is 0.323 e. The highest BCUT2D eigenvalue weighted by molar-refractivity contribution is 5.93. The van der Waals surface area contributed by atoms with Crippen LogP contribution in [0.15, 0.2) is 66.9 Å². The molecule has 0 aliphatic heterocycles. The van der Waals surface area contributed by atoms with E-state index in [1.165, 1.54) is 11.1 Å². The van der Waals surface area contributed by atoms with Crippen LogP contribution in [0.3, 0.4) is 0 Å². The Kier molecular flexibility index (Phi) is 6.56. The number of nitrogens with one attached hydrogen (secondary N) is 2. The van der Waals surface area contributed by atoms with Gasteiger partial charge in [0.2, 0.25) is 5.91 Å². The van der Waals surface area contributed by atoms with Gasteiger partial charge in [-0.25, -0.2) is 0 Å². The molecule has 0 radical (unpaired) electrons. The van der Waals surface area contributed by atoms with E-state index in [4.69, 9.17) is 0 Å². The Labute approximate surface area is 167 Å². The van der Waals surface area contributed by atoms with Crippen molar-refractivity contribution in [3.05, 3.63) is 83.7 Å². The quantitative estimate of drug-likeness (QED) is 0.619. The van der Waals surface area contributed by atoms with Crippen molar-refractivity contribution in [2.75, 3.05) is 11.9 Å². The second-order valence-electron chi connectivity index (χ2n) is 7.32. The number of anilines is 1. The summed E-state index contributed by atoms with van der Waals surface area (Å²) in [5, 5.41) is 6.25. The first-order valence-electron chi connectivity index (χ1n) is 9.64. The van der Waals surface area contributed by atoms with Gasteiger partial charge < -0.3 is 10.6 Å². The van der Waals surface area contributed by atoms with Gasteiger partial charge in [-0.2, -0.15) is 0 Å². The van der Waals surface area contributed by atoms with E-state index >= 15 is 0 Å². The smallest absolute Gasteiger partial charge is 0.238 e. The van der Waals surface area contributed by atoms with Gasteiger partial charge in [0.25, 0.3) is 0 Å². The molecule has 0 unspecified atom stereocenters. The van der Waals surface area contributed by atoms with Gasteiger partial charge in [0.05, 0.1) is 17.9 Å².